The first-order chi connectivity index (χ1) is 10.1. The Morgan fingerprint density at radius 1 is 1.00 bits per heavy atom. The van der Waals surface area contributed by atoms with Crippen molar-refractivity contribution < 1.29 is 14.2 Å². The molecule has 0 fully saturated rings. The van der Waals surface area contributed by atoms with E-state index >= 15 is 0 Å². The van der Waals surface area contributed by atoms with Crippen molar-refractivity contribution >= 4 is 23.2 Å². The van der Waals surface area contributed by atoms with Gasteiger partial charge in [0.15, 0.2) is 0 Å². The van der Waals surface area contributed by atoms with Crippen molar-refractivity contribution in [2.75, 3.05) is 0 Å². The standard InChI is InChI=1S/C16H12Cl2O3/c1-10-9-19-16(20-10)14-7-6-13(8-15(14)18)21-12-4-2-11(17)3-5-12/h2-9,16H,1H3. The molecule has 5 heteroatoms. The quantitative estimate of drug-likeness (QED) is 0.726. The number of hydrogen-bond donors (Lipinski definition) is 0. The Morgan fingerprint density at radius 2 is 1.71 bits per heavy atom. The first-order valence-electron chi connectivity index (χ1n) is 6.33. The monoisotopic (exact) mass is 322 g/mol. The van der Waals surface area contributed by atoms with E-state index in [4.69, 9.17) is 37.4 Å². The van der Waals surface area contributed by atoms with Crippen LogP contribution >= 0.6 is 23.2 Å². The highest BCUT2D eigenvalue weighted by atomic mass is 35.5. The molecule has 1 unspecified atom stereocenters. The molecule has 3 rings (SSSR count). The Hall–Kier alpha value is -1.84. The van der Waals surface area contributed by atoms with Gasteiger partial charge >= 0.3 is 0 Å². The zero-order valence-corrected chi connectivity index (χ0v) is 12.7. The van der Waals surface area contributed by atoms with Crippen molar-refractivity contribution in [3.63, 3.8) is 0 Å². The number of ether oxygens (including phenoxy) is 3. The summed E-state index contributed by atoms with van der Waals surface area (Å²) in [6, 6.07) is 12.5. The Balaban J connectivity index is 1.76. The summed E-state index contributed by atoms with van der Waals surface area (Å²) in [5.41, 5.74) is 0.758. The van der Waals surface area contributed by atoms with Crippen LogP contribution in [0.3, 0.4) is 0 Å². The van der Waals surface area contributed by atoms with E-state index in [0.29, 0.717) is 21.5 Å². The Morgan fingerprint density at radius 3 is 2.33 bits per heavy atom. The number of rotatable bonds is 3. The SMILES string of the molecule is CC1=COC(c2ccc(Oc3ccc(Cl)cc3)cc2Cl)O1. The fraction of sp³-hybridized carbons (Fsp3) is 0.125. The van der Waals surface area contributed by atoms with E-state index in [2.05, 4.69) is 0 Å². The molecular weight excluding hydrogens is 311 g/mol. The smallest absolute Gasteiger partial charge is 0.268 e. The van der Waals surface area contributed by atoms with E-state index < -0.39 is 6.29 Å². The maximum Gasteiger partial charge on any atom is 0.268 e. The van der Waals surface area contributed by atoms with E-state index in [-0.39, 0.29) is 0 Å². The third-order valence-corrected chi connectivity index (χ3v) is 3.51. The number of hydrogen-bond acceptors (Lipinski definition) is 3. The Bertz CT molecular complexity index is 680. The Labute approximate surface area is 132 Å². The summed E-state index contributed by atoms with van der Waals surface area (Å²) in [4.78, 5) is 0. The minimum Gasteiger partial charge on any atom is -0.457 e. The van der Waals surface area contributed by atoms with Gasteiger partial charge in [-0.25, -0.2) is 0 Å². The van der Waals surface area contributed by atoms with Crippen molar-refractivity contribution in [3.05, 3.63) is 70.1 Å². The number of allylic oxidation sites excluding steroid dienone is 1. The van der Waals surface area contributed by atoms with Crippen LogP contribution in [0.15, 0.2) is 54.5 Å². The molecule has 0 saturated carbocycles. The van der Waals surface area contributed by atoms with Crippen molar-refractivity contribution in [1.29, 1.82) is 0 Å². The second kappa shape index (κ2) is 5.88. The van der Waals surface area contributed by atoms with Gasteiger partial charge in [-0.05, 0) is 49.4 Å². The molecule has 0 N–H and O–H groups in total. The molecule has 2 aromatic carbocycles. The van der Waals surface area contributed by atoms with Gasteiger partial charge in [-0.2, -0.15) is 0 Å². The molecule has 108 valence electrons. The zero-order valence-electron chi connectivity index (χ0n) is 11.2. The minimum atomic E-state index is -0.498. The van der Waals surface area contributed by atoms with Crippen LogP contribution in [-0.4, -0.2) is 0 Å². The molecule has 1 aliphatic rings. The van der Waals surface area contributed by atoms with Gasteiger partial charge in [0, 0.05) is 5.02 Å². The van der Waals surface area contributed by atoms with Crippen molar-refractivity contribution in [2.45, 2.75) is 13.2 Å². The summed E-state index contributed by atoms with van der Waals surface area (Å²) in [5.74, 6) is 2.04. The topological polar surface area (TPSA) is 27.7 Å². The number of halogens is 2. The molecule has 0 spiro atoms. The van der Waals surface area contributed by atoms with Gasteiger partial charge < -0.3 is 14.2 Å². The molecule has 2 aromatic rings. The van der Waals surface area contributed by atoms with Gasteiger partial charge in [0.2, 0.25) is 0 Å². The summed E-state index contributed by atoms with van der Waals surface area (Å²) < 4.78 is 16.6. The maximum atomic E-state index is 6.26. The van der Waals surface area contributed by atoms with E-state index in [1.807, 2.05) is 19.1 Å². The predicted molar refractivity (Wildman–Crippen MR) is 81.6 cm³/mol. The highest BCUT2D eigenvalue weighted by Gasteiger charge is 2.22. The third-order valence-electron chi connectivity index (χ3n) is 2.93. The third kappa shape index (κ3) is 3.26. The summed E-state index contributed by atoms with van der Waals surface area (Å²) >= 11 is 12.1. The lowest BCUT2D eigenvalue weighted by atomic mass is 10.2. The summed E-state index contributed by atoms with van der Waals surface area (Å²) in [7, 11) is 0. The zero-order chi connectivity index (χ0) is 14.8. The van der Waals surface area contributed by atoms with E-state index in [0.717, 1.165) is 11.3 Å². The van der Waals surface area contributed by atoms with E-state index in [1.165, 1.54) is 0 Å². The molecule has 1 atom stereocenters. The summed E-state index contributed by atoms with van der Waals surface area (Å²) in [6.45, 7) is 1.83. The van der Waals surface area contributed by atoms with Crippen LogP contribution in [0.4, 0.5) is 0 Å². The van der Waals surface area contributed by atoms with E-state index in [9.17, 15) is 0 Å². The van der Waals surface area contributed by atoms with Gasteiger partial charge in [-0.1, -0.05) is 23.2 Å². The molecular formula is C16H12Cl2O3. The number of benzene rings is 2. The summed E-state index contributed by atoms with van der Waals surface area (Å²) in [5, 5.41) is 1.18. The van der Waals surface area contributed by atoms with Crippen molar-refractivity contribution in [1.82, 2.24) is 0 Å². The van der Waals surface area contributed by atoms with Gasteiger partial charge in [0.05, 0.1) is 10.6 Å². The predicted octanol–water partition coefficient (Wildman–Crippen LogP) is 5.69. The van der Waals surface area contributed by atoms with Crippen LogP contribution in [0.2, 0.25) is 10.0 Å². The average Bonchev–Trinajstić information content (AvgIpc) is 2.88. The van der Waals surface area contributed by atoms with Crippen LogP contribution in [0.5, 0.6) is 11.5 Å². The highest BCUT2D eigenvalue weighted by Crippen LogP contribution is 2.35. The largest absolute Gasteiger partial charge is 0.457 e. The van der Waals surface area contributed by atoms with Gasteiger partial charge in [-0.3, -0.25) is 0 Å². The minimum absolute atomic E-state index is 0.498. The fourth-order valence-electron chi connectivity index (χ4n) is 1.92. The molecule has 0 radical (unpaired) electrons. The molecule has 0 aliphatic carbocycles. The maximum absolute atomic E-state index is 6.26. The first kappa shape index (κ1) is 14.1. The van der Waals surface area contributed by atoms with Crippen LogP contribution in [0.1, 0.15) is 18.8 Å². The average molecular weight is 323 g/mol. The molecule has 1 heterocycles. The van der Waals surface area contributed by atoms with Crippen LogP contribution in [0, 0.1) is 0 Å². The lowest BCUT2D eigenvalue weighted by Gasteiger charge is -2.14. The Kier molecular flexibility index (Phi) is 3.95. The van der Waals surface area contributed by atoms with Gasteiger partial charge in [0.25, 0.3) is 6.29 Å². The fourth-order valence-corrected chi connectivity index (χ4v) is 2.31. The van der Waals surface area contributed by atoms with Gasteiger partial charge in [-0.15, -0.1) is 0 Å². The summed E-state index contributed by atoms with van der Waals surface area (Å²) in [6.07, 6.45) is 1.07. The van der Waals surface area contributed by atoms with Crippen LogP contribution in [-0.2, 0) is 9.47 Å². The van der Waals surface area contributed by atoms with Crippen LogP contribution < -0.4 is 4.74 Å². The molecule has 0 aromatic heterocycles. The molecule has 0 amide bonds. The molecule has 3 nitrogen and oxygen atoms in total. The molecule has 0 bridgehead atoms. The van der Waals surface area contributed by atoms with Crippen LogP contribution in [0.25, 0.3) is 0 Å². The van der Waals surface area contributed by atoms with Crippen molar-refractivity contribution in [2.24, 2.45) is 0 Å². The van der Waals surface area contributed by atoms with Gasteiger partial charge in [0.1, 0.15) is 23.5 Å². The lowest BCUT2D eigenvalue weighted by molar-refractivity contribution is -0.0330. The lowest BCUT2D eigenvalue weighted by Crippen LogP contribution is -1.99. The molecule has 21 heavy (non-hydrogen) atoms. The second-order valence-electron chi connectivity index (χ2n) is 4.55. The van der Waals surface area contributed by atoms with Crippen molar-refractivity contribution in [3.8, 4) is 11.5 Å². The molecule has 0 saturated heterocycles. The highest BCUT2D eigenvalue weighted by molar-refractivity contribution is 6.31. The first-order valence-corrected chi connectivity index (χ1v) is 7.09. The second-order valence-corrected chi connectivity index (χ2v) is 5.40. The van der Waals surface area contributed by atoms with E-state index in [1.54, 1.807) is 36.6 Å². The normalized spacial score (nSPS) is 16.9. The molecule has 1 aliphatic heterocycles.